The molecule has 2 aromatic carbocycles. The van der Waals surface area contributed by atoms with E-state index < -0.39 is 7.26 Å². The highest BCUT2D eigenvalue weighted by Gasteiger charge is 2.70. The Labute approximate surface area is 189 Å². The lowest BCUT2D eigenvalue weighted by Crippen LogP contribution is -2.52. The predicted octanol–water partition coefficient (Wildman–Crippen LogP) is 6.53. The maximum atomic E-state index is 6.52. The quantitative estimate of drug-likeness (QED) is 0.397. The van der Waals surface area contributed by atoms with Gasteiger partial charge in [-0.1, -0.05) is 37.1 Å². The number of hydrogen-bond acceptors (Lipinski definition) is 1. The first-order valence-electron chi connectivity index (χ1n) is 11.9. The molecule has 31 heavy (non-hydrogen) atoms. The van der Waals surface area contributed by atoms with Gasteiger partial charge in [0.1, 0.15) is 10.9 Å². The van der Waals surface area contributed by atoms with Gasteiger partial charge in [-0.15, -0.1) is 6.42 Å². The summed E-state index contributed by atoms with van der Waals surface area (Å²) in [5.74, 6) is 6.72. The van der Waals surface area contributed by atoms with Crippen molar-refractivity contribution in [3.05, 3.63) is 59.7 Å². The molecule has 0 amide bonds. The van der Waals surface area contributed by atoms with Gasteiger partial charge in [0, 0.05) is 5.41 Å². The molecule has 0 saturated heterocycles. The Balaban J connectivity index is 1.53. The molecule has 0 bridgehead atoms. The minimum atomic E-state index is -1.50. The van der Waals surface area contributed by atoms with E-state index in [1.807, 2.05) is 0 Å². The topological polar surface area (TPSA) is 9.23 Å². The van der Waals surface area contributed by atoms with Crippen LogP contribution in [-0.4, -0.2) is 25.6 Å². The van der Waals surface area contributed by atoms with Crippen molar-refractivity contribution in [3.63, 3.8) is 0 Å². The molecule has 1 unspecified atom stereocenters. The van der Waals surface area contributed by atoms with Crippen LogP contribution in [-0.2, 0) is 6.42 Å². The Morgan fingerprint density at radius 3 is 2.52 bits per heavy atom. The van der Waals surface area contributed by atoms with Crippen LogP contribution < -0.4 is 10.0 Å². The van der Waals surface area contributed by atoms with Crippen molar-refractivity contribution in [2.45, 2.75) is 56.5 Å². The van der Waals surface area contributed by atoms with E-state index in [-0.39, 0.29) is 10.6 Å². The summed E-state index contributed by atoms with van der Waals surface area (Å²) in [7, 11) is 0.268. The number of ether oxygens (including phenoxy) is 1. The third-order valence-corrected chi connectivity index (χ3v) is 14.0. The van der Waals surface area contributed by atoms with E-state index in [0.29, 0.717) is 5.92 Å². The molecule has 0 spiro atoms. The van der Waals surface area contributed by atoms with Gasteiger partial charge in [-0.05, 0) is 91.7 Å². The summed E-state index contributed by atoms with van der Waals surface area (Å²) >= 11 is 0. The second-order valence-corrected chi connectivity index (χ2v) is 15.0. The van der Waals surface area contributed by atoms with Crippen LogP contribution in [0.4, 0.5) is 0 Å². The second kappa shape index (κ2) is 7.39. The molecule has 2 saturated carbocycles. The van der Waals surface area contributed by atoms with Gasteiger partial charge >= 0.3 is 0 Å². The fraction of sp³-hybridized carbons (Fsp3) is 0.517. The second-order valence-electron chi connectivity index (χ2n) is 10.8. The Kier molecular flexibility index (Phi) is 5.03. The number of benzene rings is 2. The van der Waals surface area contributed by atoms with E-state index >= 15 is 0 Å². The molecule has 5 rings (SSSR count). The maximum Gasteiger partial charge on any atom is 0.148 e. The molecule has 0 aromatic heterocycles. The van der Waals surface area contributed by atoms with E-state index in [4.69, 9.17) is 11.2 Å². The van der Waals surface area contributed by atoms with Crippen LogP contribution in [0.3, 0.4) is 0 Å². The molecule has 0 radical (unpaired) electrons. The van der Waals surface area contributed by atoms with Crippen molar-refractivity contribution >= 4 is 12.6 Å². The fourth-order valence-electron chi connectivity index (χ4n) is 8.04. The van der Waals surface area contributed by atoms with Gasteiger partial charge in [-0.25, -0.2) is 0 Å². The zero-order valence-electron chi connectivity index (χ0n) is 19.5. The summed E-state index contributed by atoms with van der Waals surface area (Å²) in [5.41, 5.74) is 3.34. The number of rotatable bonds is 3. The SMILES string of the molecule is C#CC1([P+](C)(C)c2ccccc2)CC[C@H]2[C@@H]3CCc4cc(OC)ccc4[C@H]3CC[C@@]21C. The van der Waals surface area contributed by atoms with Crippen molar-refractivity contribution in [2.75, 3.05) is 20.4 Å². The van der Waals surface area contributed by atoms with Gasteiger partial charge < -0.3 is 4.74 Å². The first-order valence-corrected chi connectivity index (χ1v) is 14.6. The molecule has 0 aliphatic heterocycles. The molecule has 162 valence electrons. The first kappa shape index (κ1) is 21.1. The Hall–Kier alpha value is -1.77. The Bertz CT molecular complexity index is 1020. The van der Waals surface area contributed by atoms with E-state index in [0.717, 1.165) is 17.6 Å². The highest BCUT2D eigenvalue weighted by Crippen LogP contribution is 2.78. The van der Waals surface area contributed by atoms with Crippen molar-refractivity contribution in [1.29, 1.82) is 0 Å². The molecule has 2 aromatic rings. The fourth-order valence-corrected chi connectivity index (χ4v) is 12.0. The average Bonchev–Trinajstić information content (AvgIpc) is 3.12. The summed E-state index contributed by atoms with van der Waals surface area (Å²) in [6.07, 6.45) is 14.0. The molecule has 3 aliphatic carbocycles. The van der Waals surface area contributed by atoms with Crippen molar-refractivity contribution in [3.8, 4) is 18.1 Å². The zero-order chi connectivity index (χ0) is 21.9. The van der Waals surface area contributed by atoms with Gasteiger partial charge in [-0.2, -0.15) is 0 Å². The zero-order valence-corrected chi connectivity index (χ0v) is 20.4. The number of hydrogen-bond donors (Lipinski definition) is 0. The lowest BCUT2D eigenvalue weighted by atomic mass is 9.54. The van der Waals surface area contributed by atoms with E-state index in [1.54, 1.807) is 12.7 Å². The number of aryl methyl sites for hydroxylation is 1. The molecule has 2 heteroatoms. The summed E-state index contributed by atoms with van der Waals surface area (Å²) in [6.45, 7) is 7.61. The van der Waals surface area contributed by atoms with Crippen LogP contribution in [0.15, 0.2) is 48.5 Å². The molecular weight excluding hydrogens is 395 g/mol. The lowest BCUT2D eigenvalue weighted by Gasteiger charge is -2.54. The van der Waals surface area contributed by atoms with Gasteiger partial charge in [0.05, 0.1) is 33.0 Å². The molecule has 1 nitrogen and oxygen atoms in total. The minimum Gasteiger partial charge on any atom is -0.497 e. The maximum absolute atomic E-state index is 6.52. The average molecular weight is 432 g/mol. The summed E-state index contributed by atoms with van der Waals surface area (Å²) in [4.78, 5) is 0. The van der Waals surface area contributed by atoms with Crippen molar-refractivity contribution < 1.29 is 4.74 Å². The molecule has 2 fully saturated rings. The molecule has 0 N–H and O–H groups in total. The summed E-state index contributed by atoms with van der Waals surface area (Å²) in [6, 6.07) is 18.0. The highest BCUT2D eigenvalue weighted by atomic mass is 31.2. The predicted molar refractivity (Wildman–Crippen MR) is 134 cm³/mol. The van der Waals surface area contributed by atoms with Crippen LogP contribution in [0, 0.1) is 29.6 Å². The van der Waals surface area contributed by atoms with Gasteiger partial charge in [0.25, 0.3) is 0 Å². The molecule has 3 aliphatic rings. The van der Waals surface area contributed by atoms with Crippen LogP contribution in [0.2, 0.25) is 0 Å². The van der Waals surface area contributed by atoms with Gasteiger partial charge in [0.15, 0.2) is 0 Å². The van der Waals surface area contributed by atoms with Crippen LogP contribution >= 0.6 is 7.26 Å². The molecule has 0 heterocycles. The minimum absolute atomic E-state index is 0.0111. The van der Waals surface area contributed by atoms with E-state index in [1.165, 1.54) is 49.4 Å². The third-order valence-electron chi connectivity index (χ3n) is 9.68. The molecular formula is C29H36OP+. The first-order chi connectivity index (χ1) is 14.9. The van der Waals surface area contributed by atoms with E-state index in [9.17, 15) is 0 Å². The Morgan fingerprint density at radius 1 is 1.03 bits per heavy atom. The van der Waals surface area contributed by atoms with Crippen LogP contribution in [0.1, 0.15) is 56.1 Å². The van der Waals surface area contributed by atoms with Crippen molar-refractivity contribution in [1.82, 2.24) is 0 Å². The normalized spacial score (nSPS) is 34.2. The highest BCUT2D eigenvalue weighted by molar-refractivity contribution is 7.83. The van der Waals surface area contributed by atoms with Crippen LogP contribution in [0.25, 0.3) is 0 Å². The summed E-state index contributed by atoms with van der Waals surface area (Å²) < 4.78 is 5.50. The number of terminal acetylenes is 1. The van der Waals surface area contributed by atoms with Gasteiger partial charge in [0.2, 0.25) is 0 Å². The van der Waals surface area contributed by atoms with Crippen molar-refractivity contribution in [2.24, 2.45) is 17.3 Å². The van der Waals surface area contributed by atoms with E-state index in [2.05, 4.69) is 74.7 Å². The van der Waals surface area contributed by atoms with Gasteiger partial charge in [-0.3, -0.25) is 0 Å². The number of fused-ring (bicyclic) bond motifs is 5. The molecule has 5 atom stereocenters. The number of methoxy groups -OCH3 is 1. The standard InChI is InChI=1S/C29H36OP/c1-6-29(31(4,5)23-10-8-7-9-11-23)19-17-27-26-14-12-21-20-22(30-3)13-15-24(21)25(26)16-18-28(27,29)2/h1,7-11,13,15,20,25-27H,12,14,16-19H2,2-5H3/q+1/t25-,26-,27+,28+,29?/m1/s1. The lowest BCUT2D eigenvalue weighted by molar-refractivity contribution is 0.0504. The smallest absolute Gasteiger partial charge is 0.148 e. The third kappa shape index (κ3) is 2.80. The largest absolute Gasteiger partial charge is 0.497 e. The van der Waals surface area contributed by atoms with Crippen LogP contribution in [0.5, 0.6) is 5.75 Å². The Morgan fingerprint density at radius 2 is 1.81 bits per heavy atom. The monoisotopic (exact) mass is 431 g/mol. The summed E-state index contributed by atoms with van der Waals surface area (Å²) in [5, 5.41) is 1.51.